The van der Waals surface area contributed by atoms with Crippen molar-refractivity contribution in [2.75, 3.05) is 0 Å². The van der Waals surface area contributed by atoms with Crippen LogP contribution in [-0.2, 0) is 0 Å². The molecule has 0 radical (unpaired) electrons. The highest BCUT2D eigenvalue weighted by Gasteiger charge is 1.97. The molecule has 0 saturated carbocycles. The molecular weight excluding hydrogens is 154 g/mol. The van der Waals surface area contributed by atoms with Gasteiger partial charge in [-0.3, -0.25) is 9.78 Å². The maximum absolute atomic E-state index is 10.3. The third kappa shape index (κ3) is 1.99. The molecule has 0 aliphatic carbocycles. The molecule has 1 amide bonds. The Balaban J connectivity index is 0.000000810. The van der Waals surface area contributed by atoms with Crippen LogP contribution in [0.25, 0.3) is 0 Å². The van der Waals surface area contributed by atoms with E-state index >= 15 is 0 Å². The second kappa shape index (κ2) is 3.79. The average Bonchev–Trinajstić information content (AvgIpc) is 1.90. The quantitative estimate of drug-likeness (QED) is 0.627. The van der Waals surface area contributed by atoms with Crippen LogP contribution in [0.2, 0.25) is 0 Å². The minimum atomic E-state index is -0.553. The number of halogens is 1. The van der Waals surface area contributed by atoms with Gasteiger partial charge in [0.05, 0.1) is 6.20 Å². The first-order valence-electron chi connectivity index (χ1n) is 2.36. The van der Waals surface area contributed by atoms with Gasteiger partial charge in [-0.15, -0.1) is 12.4 Å². The monoisotopic (exact) mass is 159 g/mol. The van der Waals surface area contributed by atoms with Gasteiger partial charge in [-0.1, -0.05) is 0 Å². The average molecular weight is 160 g/mol. The third-order valence-electron chi connectivity index (χ3n) is 0.816. The zero-order chi connectivity index (χ0) is 6.69. The molecule has 0 aliphatic heterocycles. The molecule has 0 fully saturated rings. The molecule has 4 nitrogen and oxygen atoms in total. The van der Waals surface area contributed by atoms with Crippen LogP contribution in [0.3, 0.4) is 0 Å². The van der Waals surface area contributed by atoms with E-state index in [9.17, 15) is 4.79 Å². The maximum Gasteiger partial charge on any atom is 0.268 e. The van der Waals surface area contributed by atoms with Crippen LogP contribution >= 0.6 is 12.4 Å². The van der Waals surface area contributed by atoms with Gasteiger partial charge in [-0.2, -0.15) is 0 Å². The fraction of sp³-hybridized carbons (Fsp3) is 0. The van der Waals surface area contributed by atoms with Crippen molar-refractivity contribution in [3.63, 3.8) is 0 Å². The topological polar surface area (TPSA) is 68.9 Å². The molecule has 0 saturated heterocycles. The van der Waals surface area contributed by atoms with Crippen LogP contribution < -0.4 is 5.73 Å². The number of nitrogens with zero attached hydrogens (tertiary/aromatic N) is 2. The number of aromatic nitrogens is 2. The second-order valence-electron chi connectivity index (χ2n) is 1.45. The van der Waals surface area contributed by atoms with Crippen molar-refractivity contribution in [3.05, 3.63) is 24.3 Å². The highest BCUT2D eigenvalue weighted by Crippen LogP contribution is 1.84. The molecule has 1 rings (SSSR count). The first-order valence-corrected chi connectivity index (χ1v) is 2.36. The summed E-state index contributed by atoms with van der Waals surface area (Å²) < 4.78 is 0. The number of hydrogen-bond acceptors (Lipinski definition) is 3. The molecule has 0 atom stereocenters. The molecule has 5 heteroatoms. The Morgan fingerprint density at radius 3 is 2.50 bits per heavy atom. The van der Waals surface area contributed by atoms with E-state index in [1.807, 2.05) is 0 Å². The van der Waals surface area contributed by atoms with Gasteiger partial charge in [-0.25, -0.2) is 4.98 Å². The Hall–Kier alpha value is -1.16. The molecule has 0 unspecified atom stereocenters. The lowest BCUT2D eigenvalue weighted by Gasteiger charge is -1.87. The Kier molecular flexibility index (Phi) is 3.35. The second-order valence-corrected chi connectivity index (χ2v) is 1.45. The fourth-order valence-electron chi connectivity index (χ4n) is 0.426. The van der Waals surface area contributed by atoms with E-state index in [1.165, 1.54) is 18.6 Å². The summed E-state index contributed by atoms with van der Waals surface area (Å²) in [6, 6.07) is 0. The first-order chi connectivity index (χ1) is 4.30. The lowest BCUT2D eigenvalue weighted by Crippen LogP contribution is -2.12. The summed E-state index contributed by atoms with van der Waals surface area (Å²) in [7, 11) is 0. The summed E-state index contributed by atoms with van der Waals surface area (Å²) in [5.41, 5.74) is 5.06. The Labute approximate surface area is 63.9 Å². The van der Waals surface area contributed by atoms with Crippen LogP contribution in [0.15, 0.2) is 18.6 Å². The van der Waals surface area contributed by atoms with Crippen LogP contribution in [0.4, 0.5) is 0 Å². The number of carbonyl (C=O) groups is 1. The number of hydrogen-bond donors (Lipinski definition) is 1. The van der Waals surface area contributed by atoms with Gasteiger partial charge in [0.1, 0.15) is 5.69 Å². The summed E-state index contributed by atoms with van der Waals surface area (Å²) >= 11 is 0. The number of nitrogens with two attached hydrogens (primary N) is 1. The van der Waals surface area contributed by atoms with Crippen molar-refractivity contribution in [2.24, 2.45) is 5.73 Å². The van der Waals surface area contributed by atoms with Gasteiger partial charge < -0.3 is 5.73 Å². The van der Waals surface area contributed by atoms with Crippen molar-refractivity contribution < 1.29 is 4.79 Å². The molecule has 0 spiro atoms. The van der Waals surface area contributed by atoms with Crippen molar-refractivity contribution in [1.29, 1.82) is 0 Å². The molecule has 0 aromatic carbocycles. The highest BCUT2D eigenvalue weighted by molar-refractivity contribution is 5.90. The van der Waals surface area contributed by atoms with E-state index < -0.39 is 5.91 Å². The summed E-state index contributed by atoms with van der Waals surface area (Å²) in [5, 5.41) is 0. The molecule has 1 aromatic rings. The third-order valence-corrected chi connectivity index (χ3v) is 0.816. The number of primary amides is 1. The molecular formula is C5H6ClN3O. The Morgan fingerprint density at radius 1 is 1.50 bits per heavy atom. The summed E-state index contributed by atoms with van der Waals surface area (Å²) in [6.07, 6.45) is 4.22. The first kappa shape index (κ1) is 8.84. The largest absolute Gasteiger partial charge is 0.364 e. The normalized spacial score (nSPS) is 8.00. The minimum absolute atomic E-state index is 0. The van der Waals surface area contributed by atoms with Crippen LogP contribution in [0.1, 0.15) is 10.5 Å². The maximum atomic E-state index is 10.3. The van der Waals surface area contributed by atoms with Gasteiger partial charge in [0.15, 0.2) is 0 Å². The zero-order valence-electron chi connectivity index (χ0n) is 5.02. The van der Waals surface area contributed by atoms with Crippen LogP contribution in [0.5, 0.6) is 0 Å². The van der Waals surface area contributed by atoms with Gasteiger partial charge in [-0.05, 0) is 0 Å². The molecule has 1 heterocycles. The predicted molar refractivity (Wildman–Crippen MR) is 37.8 cm³/mol. The minimum Gasteiger partial charge on any atom is -0.364 e. The Bertz CT molecular complexity index is 213. The number of carbonyl (C=O) groups excluding carboxylic acids is 1. The van der Waals surface area contributed by atoms with E-state index in [0.29, 0.717) is 0 Å². The van der Waals surface area contributed by atoms with Crippen LogP contribution in [-0.4, -0.2) is 15.9 Å². The summed E-state index contributed by atoms with van der Waals surface area (Å²) in [5.74, 6) is -0.553. The van der Waals surface area contributed by atoms with Crippen molar-refractivity contribution in [1.82, 2.24) is 9.97 Å². The van der Waals surface area contributed by atoms with E-state index in [0.717, 1.165) is 0 Å². The predicted octanol–water partition coefficient (Wildman–Crippen LogP) is -0.00270. The molecule has 2 N–H and O–H groups in total. The smallest absolute Gasteiger partial charge is 0.268 e. The van der Waals surface area contributed by atoms with Gasteiger partial charge in [0.2, 0.25) is 0 Å². The van der Waals surface area contributed by atoms with Gasteiger partial charge in [0, 0.05) is 12.4 Å². The lowest BCUT2D eigenvalue weighted by molar-refractivity contribution is 0.0995. The molecule has 54 valence electrons. The SMILES string of the molecule is Cl.NC(=O)c1cnccn1. The van der Waals surface area contributed by atoms with E-state index in [2.05, 4.69) is 9.97 Å². The summed E-state index contributed by atoms with van der Waals surface area (Å²) in [6.45, 7) is 0. The van der Waals surface area contributed by atoms with Crippen molar-refractivity contribution in [3.8, 4) is 0 Å². The number of rotatable bonds is 1. The van der Waals surface area contributed by atoms with Gasteiger partial charge >= 0.3 is 0 Å². The van der Waals surface area contributed by atoms with E-state index in [4.69, 9.17) is 5.73 Å². The highest BCUT2D eigenvalue weighted by atomic mass is 35.5. The zero-order valence-corrected chi connectivity index (χ0v) is 5.84. The number of amides is 1. The lowest BCUT2D eigenvalue weighted by atomic mass is 10.4. The standard InChI is InChI=1S/C5H5N3O.ClH/c6-5(9)4-3-7-1-2-8-4;/h1-3H,(H2,6,9);1H. The molecule has 0 bridgehead atoms. The van der Waals surface area contributed by atoms with E-state index in [1.54, 1.807) is 0 Å². The molecule has 1 aromatic heterocycles. The molecule has 10 heavy (non-hydrogen) atoms. The summed E-state index contributed by atoms with van der Waals surface area (Å²) in [4.78, 5) is 17.6. The van der Waals surface area contributed by atoms with Crippen molar-refractivity contribution >= 4 is 18.3 Å². The fourth-order valence-corrected chi connectivity index (χ4v) is 0.426. The van der Waals surface area contributed by atoms with Crippen molar-refractivity contribution in [2.45, 2.75) is 0 Å². The van der Waals surface area contributed by atoms with E-state index in [-0.39, 0.29) is 18.1 Å². The van der Waals surface area contributed by atoms with Gasteiger partial charge in [0.25, 0.3) is 5.91 Å². The molecule has 0 aliphatic rings. The van der Waals surface area contributed by atoms with Crippen LogP contribution in [0, 0.1) is 0 Å². The Morgan fingerprint density at radius 2 is 2.20 bits per heavy atom.